The van der Waals surface area contributed by atoms with Gasteiger partial charge in [0.25, 0.3) is 0 Å². The molecule has 0 saturated heterocycles. The minimum atomic E-state index is 0.378. The second-order valence-corrected chi connectivity index (χ2v) is 4.62. The van der Waals surface area contributed by atoms with Crippen molar-refractivity contribution < 1.29 is 0 Å². The number of hydrogen-bond donors (Lipinski definition) is 2. The quantitative estimate of drug-likeness (QED) is 0.591. The maximum absolute atomic E-state index is 4.40. The number of nitrogens with one attached hydrogen (secondary N) is 2. The van der Waals surface area contributed by atoms with Gasteiger partial charge < -0.3 is 10.6 Å². The molecule has 5 heteroatoms. The third-order valence-corrected chi connectivity index (χ3v) is 2.43. The Kier molecular flexibility index (Phi) is 5.38. The van der Waals surface area contributed by atoms with Crippen LogP contribution in [0.25, 0.3) is 0 Å². The van der Waals surface area contributed by atoms with Gasteiger partial charge in [-0.1, -0.05) is 18.7 Å². The lowest BCUT2D eigenvalue weighted by Crippen LogP contribution is -2.12. The van der Waals surface area contributed by atoms with E-state index in [-0.39, 0.29) is 0 Å². The van der Waals surface area contributed by atoms with Gasteiger partial charge in [0.2, 0.25) is 0 Å². The Morgan fingerprint density at radius 1 is 1.31 bits per heavy atom. The fourth-order valence-corrected chi connectivity index (χ4v) is 1.61. The molecule has 0 unspecified atom stereocenters. The molecule has 0 aliphatic rings. The first-order valence-corrected chi connectivity index (χ1v) is 6.81. The summed E-state index contributed by atoms with van der Waals surface area (Å²) in [6.07, 6.45) is 3.07. The molecule has 0 fully saturated rings. The van der Waals surface area contributed by atoms with Crippen LogP contribution in [0.15, 0.2) is 11.2 Å². The molecule has 0 aliphatic heterocycles. The summed E-state index contributed by atoms with van der Waals surface area (Å²) in [6.45, 7) is 7.27. The molecule has 0 amide bonds. The fourth-order valence-electron chi connectivity index (χ4n) is 1.23. The van der Waals surface area contributed by atoms with Crippen molar-refractivity contribution in [2.45, 2.75) is 38.4 Å². The molecular weight excluding hydrogens is 220 g/mol. The molecule has 1 aromatic heterocycles. The molecule has 0 radical (unpaired) electrons. The van der Waals surface area contributed by atoms with Crippen LogP contribution in [0.2, 0.25) is 0 Å². The Bertz CT molecular complexity index is 328. The predicted octanol–water partition coefficient (Wildman–Crippen LogP) is 2.84. The smallest absolute Gasteiger partial charge is 0.191 e. The minimum absolute atomic E-state index is 0.378. The number of hydrogen-bond acceptors (Lipinski definition) is 5. The van der Waals surface area contributed by atoms with Crippen LogP contribution in [-0.2, 0) is 0 Å². The average Bonchev–Trinajstić information content (AvgIpc) is 2.25. The molecule has 0 aliphatic carbocycles. The fraction of sp³-hybridized carbons (Fsp3) is 0.636. The summed E-state index contributed by atoms with van der Waals surface area (Å²) in [5.41, 5.74) is 0. The third kappa shape index (κ3) is 4.26. The standard InChI is InChI=1S/C11H20N4S/c1-5-6-12-9-7-10(13-8(2)3)15-11(14-9)16-4/h7-8H,5-6H2,1-4H3,(H2,12,13,14,15). The number of nitrogens with zero attached hydrogens (tertiary/aromatic N) is 2. The zero-order valence-electron chi connectivity index (χ0n) is 10.4. The van der Waals surface area contributed by atoms with Gasteiger partial charge in [-0.15, -0.1) is 0 Å². The lowest BCUT2D eigenvalue weighted by Gasteiger charge is -2.12. The molecule has 90 valence electrons. The van der Waals surface area contributed by atoms with Gasteiger partial charge in [-0.3, -0.25) is 0 Å². The molecule has 4 nitrogen and oxygen atoms in total. The highest BCUT2D eigenvalue weighted by molar-refractivity contribution is 7.98. The lowest BCUT2D eigenvalue weighted by molar-refractivity contribution is 0.864. The van der Waals surface area contributed by atoms with E-state index in [1.54, 1.807) is 11.8 Å². The maximum Gasteiger partial charge on any atom is 0.191 e. The molecule has 0 bridgehead atoms. The first kappa shape index (κ1) is 13.1. The number of anilines is 2. The van der Waals surface area contributed by atoms with Gasteiger partial charge in [-0.2, -0.15) is 0 Å². The molecule has 0 atom stereocenters. The molecule has 2 N–H and O–H groups in total. The van der Waals surface area contributed by atoms with Gasteiger partial charge in [0.05, 0.1) is 0 Å². The van der Waals surface area contributed by atoms with Crippen LogP contribution in [0.4, 0.5) is 11.6 Å². The number of thioether (sulfide) groups is 1. The Labute approximate surface area is 102 Å². The summed E-state index contributed by atoms with van der Waals surface area (Å²) < 4.78 is 0. The van der Waals surface area contributed by atoms with Crippen molar-refractivity contribution in [3.05, 3.63) is 6.07 Å². The highest BCUT2D eigenvalue weighted by Crippen LogP contribution is 2.17. The van der Waals surface area contributed by atoms with Crippen molar-refractivity contribution in [1.82, 2.24) is 9.97 Å². The Morgan fingerprint density at radius 3 is 2.56 bits per heavy atom. The molecule has 1 heterocycles. The van der Waals surface area contributed by atoms with E-state index in [4.69, 9.17) is 0 Å². The van der Waals surface area contributed by atoms with E-state index in [9.17, 15) is 0 Å². The van der Waals surface area contributed by atoms with Gasteiger partial charge in [-0.25, -0.2) is 9.97 Å². The number of rotatable bonds is 6. The lowest BCUT2D eigenvalue weighted by atomic mass is 10.4. The van der Waals surface area contributed by atoms with Crippen molar-refractivity contribution in [2.24, 2.45) is 0 Å². The monoisotopic (exact) mass is 240 g/mol. The van der Waals surface area contributed by atoms with Crippen molar-refractivity contribution in [3.63, 3.8) is 0 Å². The second-order valence-electron chi connectivity index (χ2n) is 3.85. The van der Waals surface area contributed by atoms with Crippen LogP contribution in [0, 0.1) is 0 Å². The van der Waals surface area contributed by atoms with Crippen molar-refractivity contribution in [3.8, 4) is 0 Å². The van der Waals surface area contributed by atoms with Crippen LogP contribution in [0.1, 0.15) is 27.2 Å². The van der Waals surface area contributed by atoms with Crippen LogP contribution in [0.3, 0.4) is 0 Å². The maximum atomic E-state index is 4.40. The SMILES string of the molecule is CCCNc1cc(NC(C)C)nc(SC)n1. The Hall–Kier alpha value is -0.970. The van der Waals surface area contributed by atoms with Crippen molar-refractivity contribution in [1.29, 1.82) is 0 Å². The predicted molar refractivity (Wildman–Crippen MR) is 71.4 cm³/mol. The normalized spacial score (nSPS) is 10.6. The highest BCUT2D eigenvalue weighted by Gasteiger charge is 2.04. The van der Waals surface area contributed by atoms with Gasteiger partial charge in [0.1, 0.15) is 11.6 Å². The molecule has 1 aromatic rings. The zero-order valence-corrected chi connectivity index (χ0v) is 11.2. The third-order valence-electron chi connectivity index (χ3n) is 1.88. The van der Waals surface area contributed by atoms with E-state index < -0.39 is 0 Å². The summed E-state index contributed by atoms with van der Waals surface area (Å²) in [5.74, 6) is 1.78. The second kappa shape index (κ2) is 6.58. The van der Waals surface area contributed by atoms with Crippen LogP contribution < -0.4 is 10.6 Å². The van der Waals surface area contributed by atoms with Crippen LogP contribution in [0.5, 0.6) is 0 Å². The van der Waals surface area contributed by atoms with Gasteiger partial charge >= 0.3 is 0 Å². The van der Waals surface area contributed by atoms with E-state index in [1.807, 2.05) is 12.3 Å². The largest absolute Gasteiger partial charge is 0.370 e. The van der Waals surface area contributed by atoms with Crippen molar-refractivity contribution >= 4 is 23.4 Å². The topological polar surface area (TPSA) is 49.8 Å². The van der Waals surface area contributed by atoms with Crippen LogP contribution in [-0.4, -0.2) is 28.8 Å². The average molecular weight is 240 g/mol. The summed E-state index contributed by atoms with van der Waals surface area (Å²) in [7, 11) is 0. The van der Waals surface area contributed by atoms with Gasteiger partial charge in [-0.05, 0) is 26.5 Å². The summed E-state index contributed by atoms with van der Waals surface area (Å²) in [5, 5.41) is 7.37. The van der Waals surface area contributed by atoms with E-state index in [0.29, 0.717) is 6.04 Å². The van der Waals surface area contributed by atoms with E-state index in [0.717, 1.165) is 29.8 Å². The Morgan fingerprint density at radius 2 is 2.00 bits per heavy atom. The summed E-state index contributed by atoms with van der Waals surface area (Å²) >= 11 is 1.56. The molecule has 1 rings (SSSR count). The van der Waals surface area contributed by atoms with Gasteiger partial charge in [0, 0.05) is 18.7 Å². The molecule has 16 heavy (non-hydrogen) atoms. The van der Waals surface area contributed by atoms with Crippen molar-refractivity contribution in [2.75, 3.05) is 23.4 Å². The van der Waals surface area contributed by atoms with E-state index >= 15 is 0 Å². The molecule has 0 aromatic carbocycles. The molecular formula is C11H20N4S. The summed E-state index contributed by atoms with van der Waals surface area (Å²) in [4.78, 5) is 8.80. The highest BCUT2D eigenvalue weighted by atomic mass is 32.2. The first-order chi connectivity index (χ1) is 7.65. The molecule has 0 spiro atoms. The Balaban J connectivity index is 2.82. The molecule has 0 saturated carbocycles. The van der Waals surface area contributed by atoms with E-state index in [2.05, 4.69) is 41.4 Å². The minimum Gasteiger partial charge on any atom is -0.370 e. The summed E-state index contributed by atoms with van der Waals surface area (Å²) in [6, 6.07) is 2.33. The van der Waals surface area contributed by atoms with Crippen LogP contribution >= 0.6 is 11.8 Å². The number of aromatic nitrogens is 2. The first-order valence-electron chi connectivity index (χ1n) is 5.59. The zero-order chi connectivity index (χ0) is 12.0. The van der Waals surface area contributed by atoms with Gasteiger partial charge in [0.15, 0.2) is 5.16 Å². The van der Waals surface area contributed by atoms with E-state index in [1.165, 1.54) is 0 Å².